The van der Waals surface area contributed by atoms with Gasteiger partial charge in [0.1, 0.15) is 0 Å². The standard InChI is InChI=1S/C15H12N4O4/c20-12(11-13(21)18-15(23)19-14(11)22)17-10-3-1-8(2-4-10)9-5-6-16-7-9/h1-5,7H,6H2,(H,17,20)(H3,18,19,21,22,23). The molecule has 1 aromatic carbocycles. The third-order valence-corrected chi connectivity index (χ3v) is 3.27. The molecule has 0 spiro atoms. The third-order valence-electron chi connectivity index (χ3n) is 3.27. The molecule has 0 atom stereocenters. The van der Waals surface area contributed by atoms with Crippen LogP contribution in [0.25, 0.3) is 5.57 Å². The first-order valence-electron chi connectivity index (χ1n) is 6.72. The van der Waals surface area contributed by atoms with Crippen molar-refractivity contribution in [1.82, 2.24) is 9.97 Å². The van der Waals surface area contributed by atoms with Crippen molar-refractivity contribution in [2.24, 2.45) is 4.99 Å². The lowest BCUT2D eigenvalue weighted by Crippen LogP contribution is -2.30. The molecule has 0 fully saturated rings. The molecule has 1 aliphatic heterocycles. The van der Waals surface area contributed by atoms with Gasteiger partial charge in [-0.25, -0.2) is 4.79 Å². The number of aromatic amines is 2. The zero-order valence-electron chi connectivity index (χ0n) is 11.8. The number of hydrogen-bond acceptors (Lipinski definition) is 5. The number of rotatable bonds is 3. The Kier molecular flexibility index (Phi) is 3.63. The van der Waals surface area contributed by atoms with E-state index in [1.165, 1.54) is 0 Å². The smallest absolute Gasteiger partial charge is 0.328 e. The van der Waals surface area contributed by atoms with E-state index < -0.39 is 28.6 Å². The number of hydrogen-bond donors (Lipinski definition) is 4. The fraction of sp³-hybridized carbons (Fsp3) is 0.0667. The maximum absolute atomic E-state index is 12.1. The zero-order valence-corrected chi connectivity index (χ0v) is 11.8. The number of carbonyl (C=O) groups excluding carboxylic acids is 1. The highest BCUT2D eigenvalue weighted by molar-refractivity contribution is 6.11. The van der Waals surface area contributed by atoms with Gasteiger partial charge in [-0.1, -0.05) is 18.2 Å². The van der Waals surface area contributed by atoms with Crippen molar-refractivity contribution in [2.45, 2.75) is 0 Å². The minimum atomic E-state index is -0.965. The van der Waals surface area contributed by atoms with E-state index in [4.69, 9.17) is 0 Å². The molecule has 2 aromatic rings. The monoisotopic (exact) mass is 312 g/mol. The van der Waals surface area contributed by atoms with E-state index in [1.807, 2.05) is 16.0 Å². The molecule has 0 aliphatic carbocycles. The van der Waals surface area contributed by atoms with Gasteiger partial charge < -0.3 is 10.4 Å². The molecular formula is C15H12N4O4. The molecule has 23 heavy (non-hydrogen) atoms. The molecule has 1 aromatic heterocycles. The van der Waals surface area contributed by atoms with Gasteiger partial charge in [0, 0.05) is 11.9 Å². The molecule has 0 saturated heterocycles. The van der Waals surface area contributed by atoms with Crippen LogP contribution >= 0.6 is 0 Å². The van der Waals surface area contributed by atoms with Crippen LogP contribution in [-0.2, 0) is 0 Å². The summed E-state index contributed by atoms with van der Waals surface area (Å²) in [5, 5.41) is 12.0. The molecule has 0 radical (unpaired) electrons. The Labute approximate surface area is 129 Å². The van der Waals surface area contributed by atoms with Crippen LogP contribution in [0.5, 0.6) is 5.88 Å². The van der Waals surface area contributed by atoms with Gasteiger partial charge in [0.2, 0.25) is 5.88 Å². The van der Waals surface area contributed by atoms with Crippen LogP contribution < -0.4 is 16.6 Å². The average Bonchev–Trinajstić information content (AvgIpc) is 3.01. The van der Waals surface area contributed by atoms with Crippen LogP contribution in [0.3, 0.4) is 0 Å². The van der Waals surface area contributed by atoms with Crippen LogP contribution in [0.1, 0.15) is 15.9 Å². The minimum absolute atomic E-state index is 0.444. The number of aromatic nitrogens is 2. The summed E-state index contributed by atoms with van der Waals surface area (Å²) < 4.78 is 0. The second-order valence-electron chi connectivity index (χ2n) is 4.82. The topological polar surface area (TPSA) is 127 Å². The lowest BCUT2D eigenvalue weighted by Gasteiger charge is -2.07. The number of H-pyrrole nitrogens is 2. The van der Waals surface area contributed by atoms with E-state index in [1.54, 1.807) is 30.5 Å². The normalized spacial score (nSPS) is 13.0. The Hall–Kier alpha value is -3.42. The molecule has 0 saturated carbocycles. The maximum Gasteiger partial charge on any atom is 0.328 e. The van der Waals surface area contributed by atoms with Crippen LogP contribution in [0.15, 0.2) is 44.9 Å². The predicted molar refractivity (Wildman–Crippen MR) is 85.1 cm³/mol. The molecule has 8 nitrogen and oxygen atoms in total. The Morgan fingerprint density at radius 3 is 2.52 bits per heavy atom. The van der Waals surface area contributed by atoms with Crippen molar-refractivity contribution in [3.63, 3.8) is 0 Å². The number of allylic oxidation sites excluding steroid dienone is 1. The summed E-state index contributed by atoms with van der Waals surface area (Å²) >= 11 is 0. The summed E-state index contributed by atoms with van der Waals surface area (Å²) in [5.41, 5.74) is -0.0159. The van der Waals surface area contributed by atoms with E-state index in [-0.39, 0.29) is 0 Å². The van der Waals surface area contributed by atoms with E-state index in [9.17, 15) is 19.5 Å². The van der Waals surface area contributed by atoms with Crippen molar-refractivity contribution < 1.29 is 9.90 Å². The summed E-state index contributed by atoms with van der Waals surface area (Å²) in [7, 11) is 0. The van der Waals surface area contributed by atoms with E-state index in [2.05, 4.69) is 10.3 Å². The lowest BCUT2D eigenvalue weighted by atomic mass is 10.1. The molecule has 0 bridgehead atoms. The molecule has 1 amide bonds. The summed E-state index contributed by atoms with van der Waals surface area (Å²) in [6, 6.07) is 6.93. The van der Waals surface area contributed by atoms with Gasteiger partial charge in [-0.2, -0.15) is 0 Å². The summed E-state index contributed by atoms with van der Waals surface area (Å²) in [6.45, 7) is 0.655. The predicted octanol–water partition coefficient (Wildman–Crippen LogP) is 0.489. The van der Waals surface area contributed by atoms with Crippen LogP contribution in [0, 0.1) is 0 Å². The molecular weight excluding hydrogens is 300 g/mol. The molecule has 116 valence electrons. The second-order valence-corrected chi connectivity index (χ2v) is 4.82. The maximum atomic E-state index is 12.1. The SMILES string of the molecule is O=C(Nc1ccc(C2=CCN=C2)cc1)c1c(O)[nH]c(=O)[nH]c1=O. The van der Waals surface area contributed by atoms with Crippen molar-refractivity contribution >= 4 is 23.4 Å². The Morgan fingerprint density at radius 2 is 1.91 bits per heavy atom. The molecule has 4 N–H and O–H groups in total. The molecule has 0 unspecified atom stereocenters. The number of nitrogens with zero attached hydrogens (tertiary/aromatic N) is 1. The summed E-state index contributed by atoms with van der Waals surface area (Å²) in [6.07, 6.45) is 3.75. The zero-order chi connectivity index (χ0) is 16.4. The number of nitrogens with one attached hydrogen (secondary N) is 3. The molecule has 1 aliphatic rings. The first kappa shape index (κ1) is 14.5. The van der Waals surface area contributed by atoms with Gasteiger partial charge in [0.05, 0.1) is 6.54 Å². The highest BCUT2D eigenvalue weighted by atomic mass is 16.3. The van der Waals surface area contributed by atoms with Crippen molar-refractivity contribution in [1.29, 1.82) is 0 Å². The Bertz CT molecular complexity index is 935. The average molecular weight is 312 g/mol. The third kappa shape index (κ3) is 2.95. The molecule has 2 heterocycles. The largest absolute Gasteiger partial charge is 0.494 e. The summed E-state index contributed by atoms with van der Waals surface area (Å²) in [5.74, 6) is -1.60. The quantitative estimate of drug-likeness (QED) is 0.657. The first-order valence-corrected chi connectivity index (χ1v) is 6.72. The number of carbonyl (C=O) groups is 1. The number of aliphatic imine (C=N–C) groups is 1. The highest BCUT2D eigenvalue weighted by Gasteiger charge is 2.17. The number of amides is 1. The van der Waals surface area contributed by atoms with Crippen molar-refractivity contribution in [3.8, 4) is 5.88 Å². The van der Waals surface area contributed by atoms with Crippen molar-refractivity contribution in [2.75, 3.05) is 11.9 Å². The number of aromatic hydroxyl groups is 1. The van der Waals surface area contributed by atoms with E-state index in [0.29, 0.717) is 12.2 Å². The Morgan fingerprint density at radius 1 is 1.17 bits per heavy atom. The van der Waals surface area contributed by atoms with Crippen LogP contribution in [0.2, 0.25) is 0 Å². The van der Waals surface area contributed by atoms with Gasteiger partial charge in [-0.05, 0) is 23.3 Å². The fourth-order valence-electron chi connectivity index (χ4n) is 2.17. The second kappa shape index (κ2) is 5.76. The van der Waals surface area contributed by atoms with Gasteiger partial charge >= 0.3 is 5.69 Å². The number of anilines is 1. The highest BCUT2D eigenvalue weighted by Crippen LogP contribution is 2.19. The van der Waals surface area contributed by atoms with E-state index >= 15 is 0 Å². The lowest BCUT2D eigenvalue weighted by molar-refractivity contribution is 0.102. The Balaban J connectivity index is 1.82. The van der Waals surface area contributed by atoms with Crippen molar-refractivity contribution in [3.05, 3.63) is 62.3 Å². The molecule has 8 heteroatoms. The van der Waals surface area contributed by atoms with Gasteiger partial charge in [0.25, 0.3) is 11.5 Å². The minimum Gasteiger partial charge on any atom is -0.494 e. The van der Waals surface area contributed by atoms with Gasteiger partial charge in [-0.3, -0.25) is 24.5 Å². The first-order chi connectivity index (χ1) is 11.0. The van der Waals surface area contributed by atoms with E-state index in [0.717, 1.165) is 11.1 Å². The number of benzene rings is 1. The fourth-order valence-corrected chi connectivity index (χ4v) is 2.17. The van der Waals surface area contributed by atoms with Crippen LogP contribution in [0.4, 0.5) is 5.69 Å². The summed E-state index contributed by atoms with van der Waals surface area (Å²) in [4.78, 5) is 42.6. The van der Waals surface area contributed by atoms with Crippen LogP contribution in [-0.4, -0.2) is 33.7 Å². The van der Waals surface area contributed by atoms with Gasteiger partial charge in [0.15, 0.2) is 5.56 Å². The molecule has 3 rings (SSSR count). The van der Waals surface area contributed by atoms with Gasteiger partial charge in [-0.15, -0.1) is 0 Å².